The lowest BCUT2D eigenvalue weighted by Gasteiger charge is -2.17. The van der Waals surface area contributed by atoms with Gasteiger partial charge < -0.3 is 5.32 Å². The first-order valence-corrected chi connectivity index (χ1v) is 7.96. The van der Waals surface area contributed by atoms with Crippen LogP contribution < -0.4 is 5.32 Å². The summed E-state index contributed by atoms with van der Waals surface area (Å²) in [7, 11) is 0. The quantitative estimate of drug-likeness (QED) is 0.785. The highest BCUT2D eigenvalue weighted by Crippen LogP contribution is 2.19. The molecule has 0 aliphatic heterocycles. The maximum absolute atomic E-state index is 13.7. The Morgan fingerprint density at radius 3 is 2.52 bits per heavy atom. The number of hydrogen-bond acceptors (Lipinski definition) is 1. The van der Waals surface area contributed by atoms with E-state index in [4.69, 9.17) is 11.6 Å². The molecule has 5 heteroatoms. The summed E-state index contributed by atoms with van der Waals surface area (Å²) in [6.45, 7) is 0. The zero-order valence-corrected chi connectivity index (χ0v) is 13.5. The van der Waals surface area contributed by atoms with Crippen LogP contribution in [-0.4, -0.2) is 17.3 Å². The Morgan fingerprint density at radius 2 is 1.90 bits per heavy atom. The summed E-state index contributed by atoms with van der Waals surface area (Å²) in [5.74, 6) is -1.12. The van der Waals surface area contributed by atoms with Gasteiger partial charge in [0.2, 0.25) is 0 Å². The number of hydrogen-bond donors (Lipinski definition) is 1. The molecular weight excluding hydrogens is 357 g/mol. The van der Waals surface area contributed by atoms with Gasteiger partial charge in [-0.05, 0) is 24.1 Å². The molecule has 2 aromatic rings. The molecule has 0 radical (unpaired) electrons. The fourth-order valence-electron chi connectivity index (χ4n) is 2.02. The van der Waals surface area contributed by atoms with Crippen LogP contribution in [0.25, 0.3) is 0 Å². The van der Waals surface area contributed by atoms with E-state index in [9.17, 15) is 9.18 Å². The number of amides is 1. The molecule has 0 spiro atoms. The number of carbonyl (C=O) groups excluding carboxylic acids is 1. The fraction of sp³-hybridized carbons (Fsp3) is 0.188. The lowest BCUT2D eigenvalue weighted by molar-refractivity contribution is 0.0937. The second kappa shape index (κ2) is 7.57. The number of halogens is 3. The summed E-state index contributed by atoms with van der Waals surface area (Å²) in [5, 5.41) is 3.48. The second-order valence-corrected chi connectivity index (χ2v) is 5.67. The lowest BCUT2D eigenvalue weighted by Crippen LogP contribution is -2.38. The molecule has 0 saturated carbocycles. The molecule has 2 rings (SSSR count). The first-order valence-electron chi connectivity index (χ1n) is 6.46. The third-order valence-corrected chi connectivity index (χ3v) is 4.13. The van der Waals surface area contributed by atoms with E-state index < -0.39 is 11.7 Å². The molecule has 110 valence electrons. The van der Waals surface area contributed by atoms with Gasteiger partial charge in [0.25, 0.3) is 5.91 Å². The fourth-order valence-corrected chi connectivity index (χ4v) is 2.65. The maximum atomic E-state index is 13.7. The first kappa shape index (κ1) is 16.0. The van der Waals surface area contributed by atoms with Gasteiger partial charge in [-0.1, -0.05) is 63.9 Å². The van der Waals surface area contributed by atoms with Crippen LogP contribution in [0.2, 0.25) is 5.02 Å². The molecule has 0 heterocycles. The monoisotopic (exact) mass is 369 g/mol. The van der Waals surface area contributed by atoms with Crippen molar-refractivity contribution in [3.05, 3.63) is 70.5 Å². The molecule has 1 unspecified atom stereocenters. The first-order chi connectivity index (χ1) is 10.1. The standard InChI is InChI=1S/C16H14BrClFNO/c17-10-12(9-11-5-2-1-3-6-11)20-16(21)15-13(18)7-4-8-14(15)19/h1-8,12H,9-10H2,(H,20,21). The molecular formula is C16H14BrClFNO. The van der Waals surface area contributed by atoms with Crippen LogP contribution in [0.15, 0.2) is 48.5 Å². The average Bonchev–Trinajstić information content (AvgIpc) is 2.47. The van der Waals surface area contributed by atoms with Crippen LogP contribution in [0.1, 0.15) is 15.9 Å². The molecule has 0 aliphatic rings. The Kier molecular flexibility index (Phi) is 5.76. The summed E-state index contributed by atoms with van der Waals surface area (Å²) in [5.41, 5.74) is 0.986. The molecule has 1 N–H and O–H groups in total. The Balaban J connectivity index is 2.10. The van der Waals surface area contributed by atoms with Crippen molar-refractivity contribution >= 4 is 33.4 Å². The van der Waals surface area contributed by atoms with Crippen LogP contribution >= 0.6 is 27.5 Å². The predicted octanol–water partition coefficient (Wildman–Crippen LogP) is 4.22. The van der Waals surface area contributed by atoms with Gasteiger partial charge in [-0.2, -0.15) is 0 Å². The third-order valence-electron chi connectivity index (χ3n) is 3.04. The van der Waals surface area contributed by atoms with Crippen molar-refractivity contribution in [3.8, 4) is 0 Å². The van der Waals surface area contributed by atoms with Crippen molar-refractivity contribution in [2.24, 2.45) is 0 Å². The molecule has 0 aromatic heterocycles. The number of rotatable bonds is 5. The van der Waals surface area contributed by atoms with E-state index in [2.05, 4.69) is 21.2 Å². The lowest BCUT2D eigenvalue weighted by atomic mass is 10.1. The third kappa shape index (κ3) is 4.29. The average molecular weight is 371 g/mol. The number of carbonyl (C=O) groups is 1. The summed E-state index contributed by atoms with van der Waals surface area (Å²) in [6.07, 6.45) is 0.657. The Labute approximate surface area is 136 Å². The van der Waals surface area contributed by atoms with Crippen molar-refractivity contribution in [2.45, 2.75) is 12.5 Å². The van der Waals surface area contributed by atoms with Crippen LogP contribution in [0, 0.1) is 5.82 Å². The van der Waals surface area contributed by atoms with Crippen LogP contribution in [0.5, 0.6) is 0 Å². The highest BCUT2D eigenvalue weighted by Gasteiger charge is 2.19. The van der Waals surface area contributed by atoms with Crippen molar-refractivity contribution in [1.82, 2.24) is 5.32 Å². The zero-order chi connectivity index (χ0) is 15.2. The van der Waals surface area contributed by atoms with E-state index in [0.29, 0.717) is 11.8 Å². The largest absolute Gasteiger partial charge is 0.348 e. The Morgan fingerprint density at radius 1 is 1.19 bits per heavy atom. The number of benzene rings is 2. The molecule has 0 bridgehead atoms. The molecule has 1 atom stereocenters. The van der Waals surface area contributed by atoms with Gasteiger partial charge >= 0.3 is 0 Å². The van der Waals surface area contributed by atoms with Gasteiger partial charge in [0.1, 0.15) is 5.82 Å². The minimum Gasteiger partial charge on any atom is -0.348 e. The van der Waals surface area contributed by atoms with Crippen LogP contribution in [0.4, 0.5) is 4.39 Å². The van der Waals surface area contributed by atoms with E-state index in [1.165, 1.54) is 18.2 Å². The molecule has 1 amide bonds. The summed E-state index contributed by atoms with van der Waals surface area (Å²) in [4.78, 5) is 12.2. The SMILES string of the molecule is O=C(NC(CBr)Cc1ccccc1)c1c(F)cccc1Cl. The minimum atomic E-state index is -0.618. The van der Waals surface area contributed by atoms with Gasteiger partial charge in [0.05, 0.1) is 10.6 Å². The summed E-state index contributed by atoms with van der Waals surface area (Å²) < 4.78 is 13.7. The van der Waals surface area contributed by atoms with Crippen molar-refractivity contribution < 1.29 is 9.18 Å². The van der Waals surface area contributed by atoms with Crippen LogP contribution in [0.3, 0.4) is 0 Å². The highest BCUT2D eigenvalue weighted by atomic mass is 79.9. The predicted molar refractivity (Wildman–Crippen MR) is 86.6 cm³/mol. The van der Waals surface area contributed by atoms with E-state index >= 15 is 0 Å². The molecule has 0 aliphatic carbocycles. The van der Waals surface area contributed by atoms with E-state index in [1.807, 2.05) is 30.3 Å². The zero-order valence-electron chi connectivity index (χ0n) is 11.2. The minimum absolute atomic E-state index is 0.112. The van der Waals surface area contributed by atoms with Gasteiger partial charge in [-0.25, -0.2) is 4.39 Å². The number of nitrogens with one attached hydrogen (secondary N) is 1. The van der Waals surface area contributed by atoms with E-state index in [-0.39, 0.29) is 16.6 Å². The normalized spacial score (nSPS) is 12.0. The number of alkyl halides is 1. The van der Waals surface area contributed by atoms with Gasteiger partial charge in [-0.3, -0.25) is 4.79 Å². The van der Waals surface area contributed by atoms with E-state index in [0.717, 1.165) is 5.56 Å². The molecule has 0 fully saturated rings. The smallest absolute Gasteiger partial charge is 0.256 e. The summed E-state index contributed by atoms with van der Waals surface area (Å²) >= 11 is 9.27. The molecule has 2 nitrogen and oxygen atoms in total. The molecule has 0 saturated heterocycles. The van der Waals surface area contributed by atoms with Gasteiger partial charge in [0.15, 0.2) is 0 Å². The maximum Gasteiger partial charge on any atom is 0.256 e. The molecule has 21 heavy (non-hydrogen) atoms. The van der Waals surface area contributed by atoms with Crippen molar-refractivity contribution in [3.63, 3.8) is 0 Å². The Bertz CT molecular complexity index is 601. The van der Waals surface area contributed by atoms with Crippen molar-refractivity contribution in [2.75, 3.05) is 5.33 Å². The summed E-state index contributed by atoms with van der Waals surface area (Å²) in [6, 6.07) is 13.8. The van der Waals surface area contributed by atoms with Crippen molar-refractivity contribution in [1.29, 1.82) is 0 Å². The second-order valence-electron chi connectivity index (χ2n) is 4.61. The van der Waals surface area contributed by atoms with Gasteiger partial charge in [-0.15, -0.1) is 0 Å². The van der Waals surface area contributed by atoms with Gasteiger partial charge in [0, 0.05) is 11.4 Å². The molecule has 2 aromatic carbocycles. The Hall–Kier alpha value is -1.39. The van der Waals surface area contributed by atoms with E-state index in [1.54, 1.807) is 0 Å². The topological polar surface area (TPSA) is 29.1 Å². The highest BCUT2D eigenvalue weighted by molar-refractivity contribution is 9.09. The van der Waals surface area contributed by atoms with Crippen LogP contribution in [-0.2, 0) is 6.42 Å².